The Kier molecular flexibility index (Phi) is 5.80. The lowest BCUT2D eigenvalue weighted by Crippen LogP contribution is -2.44. The van der Waals surface area contributed by atoms with Gasteiger partial charge in [-0.3, -0.25) is 19.3 Å². The molecule has 2 heterocycles. The number of nitrogens with one attached hydrogen (secondary N) is 2. The van der Waals surface area contributed by atoms with Gasteiger partial charge in [0.2, 0.25) is 5.78 Å². The van der Waals surface area contributed by atoms with Gasteiger partial charge in [-0.15, -0.1) is 0 Å². The number of urea groups is 1. The van der Waals surface area contributed by atoms with E-state index in [1.807, 2.05) is 25.1 Å². The molecule has 0 unspecified atom stereocenters. The number of ketones is 1. The Morgan fingerprint density at radius 2 is 1.97 bits per heavy atom. The van der Waals surface area contributed by atoms with Crippen LogP contribution < -0.4 is 5.32 Å². The Balaban J connectivity index is 1.26. The number of nitrogens with zero attached hydrogens (tertiary/aromatic N) is 1. The minimum absolute atomic E-state index is 0.0329. The quantitative estimate of drug-likeness (QED) is 0.384. The van der Waals surface area contributed by atoms with Crippen molar-refractivity contribution in [3.8, 4) is 0 Å². The summed E-state index contributed by atoms with van der Waals surface area (Å²) in [5.41, 5.74) is 1.81. The molecule has 2 fully saturated rings. The maximum Gasteiger partial charge on any atom is 0.325 e. The molecule has 8 nitrogen and oxygen atoms in total. The molecule has 1 aliphatic carbocycles. The number of aromatic amines is 1. The average molecular weight is 425 g/mol. The molecule has 1 spiro atoms. The topological polar surface area (TPSA) is 109 Å². The molecule has 1 aliphatic heterocycles. The monoisotopic (exact) mass is 425 g/mol. The molecular formula is C23H27N3O5. The van der Waals surface area contributed by atoms with E-state index in [9.17, 15) is 19.2 Å². The number of aromatic nitrogens is 1. The first-order chi connectivity index (χ1) is 14.9. The first-order valence-electron chi connectivity index (χ1n) is 10.9. The Bertz CT molecular complexity index is 1040. The molecule has 2 N–H and O–H groups in total. The molecule has 3 amide bonds. The van der Waals surface area contributed by atoms with Gasteiger partial charge in [0.1, 0.15) is 5.54 Å². The van der Waals surface area contributed by atoms with Crippen molar-refractivity contribution in [1.82, 2.24) is 15.2 Å². The summed E-state index contributed by atoms with van der Waals surface area (Å²) in [5, 5.41) is 3.64. The Labute approximate surface area is 180 Å². The van der Waals surface area contributed by atoms with Crippen LogP contribution in [0.15, 0.2) is 24.4 Å². The Morgan fingerprint density at radius 1 is 1.19 bits per heavy atom. The second kappa shape index (κ2) is 8.53. The van der Waals surface area contributed by atoms with Crippen molar-refractivity contribution in [2.45, 2.75) is 57.4 Å². The summed E-state index contributed by atoms with van der Waals surface area (Å²) >= 11 is 0. The van der Waals surface area contributed by atoms with Crippen LogP contribution in [0.3, 0.4) is 0 Å². The van der Waals surface area contributed by atoms with E-state index in [1.165, 1.54) is 4.90 Å². The fourth-order valence-electron chi connectivity index (χ4n) is 4.62. The number of carbonyl (C=O) groups is 4. The Morgan fingerprint density at radius 3 is 2.71 bits per heavy atom. The van der Waals surface area contributed by atoms with Gasteiger partial charge in [-0.25, -0.2) is 4.79 Å². The van der Waals surface area contributed by atoms with Crippen molar-refractivity contribution in [3.63, 3.8) is 0 Å². The zero-order chi connectivity index (χ0) is 22.0. The molecule has 1 aromatic heterocycles. The summed E-state index contributed by atoms with van der Waals surface area (Å²) in [6.45, 7) is 1.87. The average Bonchev–Trinajstić information content (AvgIpc) is 3.46. The zero-order valence-corrected chi connectivity index (χ0v) is 17.7. The molecular weight excluding hydrogens is 398 g/mol. The highest BCUT2D eigenvalue weighted by Crippen LogP contribution is 2.35. The van der Waals surface area contributed by atoms with E-state index in [0.29, 0.717) is 24.8 Å². The lowest BCUT2D eigenvalue weighted by Gasteiger charge is -2.19. The minimum Gasteiger partial charge on any atom is -0.457 e. The van der Waals surface area contributed by atoms with Crippen LogP contribution in [0.5, 0.6) is 0 Å². The number of aryl methyl sites for hydroxylation is 1. The second-order valence-electron chi connectivity index (χ2n) is 8.26. The molecule has 4 rings (SSSR count). The molecule has 8 heteroatoms. The number of rotatable bonds is 8. The summed E-state index contributed by atoms with van der Waals surface area (Å²) in [6, 6.07) is 5.40. The molecule has 0 bridgehead atoms. The van der Waals surface area contributed by atoms with Crippen molar-refractivity contribution in [1.29, 1.82) is 0 Å². The van der Waals surface area contributed by atoms with Crippen LogP contribution in [0.4, 0.5) is 4.79 Å². The number of hydrogen-bond donors (Lipinski definition) is 2. The van der Waals surface area contributed by atoms with Gasteiger partial charge >= 0.3 is 12.0 Å². The number of amides is 3. The number of H-pyrrole nitrogens is 1. The molecule has 1 aromatic carbocycles. The molecule has 0 radical (unpaired) electrons. The number of esters is 1. The van der Waals surface area contributed by atoms with E-state index >= 15 is 0 Å². The maximum absolute atomic E-state index is 12.6. The number of Topliss-reactive ketones (excluding diaryl/α,β-unsaturated/α-hetero) is 1. The van der Waals surface area contributed by atoms with Gasteiger partial charge in [0.15, 0.2) is 6.61 Å². The summed E-state index contributed by atoms with van der Waals surface area (Å²) in [7, 11) is 0. The fraction of sp³-hybridized carbons (Fsp3) is 0.478. The van der Waals surface area contributed by atoms with Crippen molar-refractivity contribution >= 4 is 34.6 Å². The van der Waals surface area contributed by atoms with Gasteiger partial charge in [0, 0.05) is 35.6 Å². The molecule has 31 heavy (non-hydrogen) atoms. The lowest BCUT2D eigenvalue weighted by atomic mass is 9.98. The van der Waals surface area contributed by atoms with Crippen LogP contribution in [-0.4, -0.2) is 52.3 Å². The highest BCUT2D eigenvalue weighted by molar-refractivity contribution is 6.09. The second-order valence-corrected chi connectivity index (χ2v) is 8.26. The van der Waals surface area contributed by atoms with E-state index in [4.69, 9.17) is 4.74 Å². The van der Waals surface area contributed by atoms with Crippen LogP contribution in [0, 0.1) is 0 Å². The third-order valence-electron chi connectivity index (χ3n) is 6.31. The largest absolute Gasteiger partial charge is 0.457 e. The van der Waals surface area contributed by atoms with Crippen LogP contribution in [0.25, 0.3) is 10.9 Å². The zero-order valence-electron chi connectivity index (χ0n) is 17.7. The number of ether oxygens (including phenoxy) is 1. The first kappa shape index (κ1) is 21.1. The van der Waals surface area contributed by atoms with Crippen molar-refractivity contribution < 1.29 is 23.9 Å². The van der Waals surface area contributed by atoms with Gasteiger partial charge in [0.25, 0.3) is 5.91 Å². The third-order valence-corrected chi connectivity index (χ3v) is 6.31. The number of imide groups is 1. The molecule has 2 aliphatic rings. The predicted molar refractivity (Wildman–Crippen MR) is 114 cm³/mol. The molecule has 164 valence electrons. The third kappa shape index (κ3) is 3.94. The molecule has 2 aromatic rings. The Hall–Kier alpha value is -3.16. The van der Waals surface area contributed by atoms with Crippen LogP contribution in [0.1, 0.15) is 61.4 Å². The van der Waals surface area contributed by atoms with Crippen LogP contribution >= 0.6 is 0 Å². The van der Waals surface area contributed by atoms with Crippen LogP contribution in [0.2, 0.25) is 0 Å². The summed E-state index contributed by atoms with van der Waals surface area (Å²) in [6.07, 6.45) is 6.03. The standard InChI is InChI=1S/C23H27N3O5/c1-2-15-7-5-8-16-17(13-24-20(15)16)18(27)14-31-19(28)9-6-12-26-21(29)23(25-22(26)30)10-3-4-11-23/h5,7-8,13,24H,2-4,6,9-12,14H2,1H3,(H,25,30). The molecule has 1 saturated carbocycles. The number of benzene rings is 1. The van der Waals surface area contributed by atoms with E-state index < -0.39 is 11.5 Å². The minimum atomic E-state index is -0.735. The van der Waals surface area contributed by atoms with Gasteiger partial charge in [-0.1, -0.05) is 38.0 Å². The van der Waals surface area contributed by atoms with E-state index in [0.717, 1.165) is 35.7 Å². The van der Waals surface area contributed by atoms with Crippen molar-refractivity contribution in [3.05, 3.63) is 35.5 Å². The SMILES string of the molecule is CCc1cccc2c(C(=O)COC(=O)CCCN3C(=O)NC4(CCCC4)C3=O)c[nH]c12. The van der Waals surface area contributed by atoms with Gasteiger partial charge in [-0.05, 0) is 31.2 Å². The molecule has 0 atom stereocenters. The number of para-hydroxylation sites is 1. The van der Waals surface area contributed by atoms with E-state index in [2.05, 4.69) is 10.3 Å². The number of hydrogen-bond acceptors (Lipinski definition) is 5. The number of carbonyl (C=O) groups excluding carboxylic acids is 4. The summed E-state index contributed by atoms with van der Waals surface area (Å²) in [5.74, 6) is -0.987. The summed E-state index contributed by atoms with van der Waals surface area (Å²) < 4.78 is 5.14. The number of fused-ring (bicyclic) bond motifs is 1. The highest BCUT2D eigenvalue weighted by atomic mass is 16.5. The maximum atomic E-state index is 12.6. The van der Waals surface area contributed by atoms with Gasteiger partial charge in [0.05, 0.1) is 0 Å². The smallest absolute Gasteiger partial charge is 0.325 e. The lowest BCUT2D eigenvalue weighted by molar-refractivity contribution is -0.143. The normalized spacial score (nSPS) is 17.5. The molecule has 1 saturated heterocycles. The van der Waals surface area contributed by atoms with Crippen molar-refractivity contribution in [2.24, 2.45) is 0 Å². The van der Waals surface area contributed by atoms with E-state index in [1.54, 1.807) is 6.20 Å². The fourth-order valence-corrected chi connectivity index (χ4v) is 4.62. The van der Waals surface area contributed by atoms with E-state index in [-0.39, 0.29) is 37.3 Å². The van der Waals surface area contributed by atoms with Crippen LogP contribution in [-0.2, 0) is 20.7 Å². The summed E-state index contributed by atoms with van der Waals surface area (Å²) in [4.78, 5) is 53.7. The predicted octanol–water partition coefficient (Wildman–Crippen LogP) is 3.10. The van der Waals surface area contributed by atoms with Gasteiger partial charge < -0.3 is 15.0 Å². The first-order valence-corrected chi connectivity index (χ1v) is 10.9. The van der Waals surface area contributed by atoms with Gasteiger partial charge in [-0.2, -0.15) is 0 Å². The van der Waals surface area contributed by atoms with Crippen molar-refractivity contribution in [2.75, 3.05) is 13.2 Å². The highest BCUT2D eigenvalue weighted by Gasteiger charge is 2.52.